The highest BCUT2D eigenvalue weighted by atomic mass is 15.1. The van der Waals surface area contributed by atoms with Gasteiger partial charge < -0.3 is 5.32 Å². The first-order valence-corrected chi connectivity index (χ1v) is 5.36. The van der Waals surface area contributed by atoms with Crippen molar-refractivity contribution in [3.8, 4) is 0 Å². The number of hydrogen-bond acceptors (Lipinski definition) is 2. The van der Waals surface area contributed by atoms with Crippen molar-refractivity contribution in [2.24, 2.45) is 5.92 Å². The molecule has 2 N–H and O–H groups in total. The Labute approximate surface area is 86.3 Å². The summed E-state index contributed by atoms with van der Waals surface area (Å²) >= 11 is 0. The summed E-state index contributed by atoms with van der Waals surface area (Å²) in [5, 5.41) is 10.6. The van der Waals surface area contributed by atoms with Crippen molar-refractivity contribution in [3.63, 3.8) is 0 Å². The minimum Gasteiger partial charge on any atom is -0.317 e. The average Bonchev–Trinajstić information content (AvgIpc) is 2.46. The van der Waals surface area contributed by atoms with Gasteiger partial charge in [0, 0.05) is 5.69 Å². The maximum Gasteiger partial charge on any atom is 0.0626 e. The zero-order valence-electron chi connectivity index (χ0n) is 9.65. The third-order valence-electron chi connectivity index (χ3n) is 2.58. The maximum atomic E-state index is 4.20. The van der Waals surface area contributed by atoms with Crippen LogP contribution < -0.4 is 5.32 Å². The Morgan fingerprint density at radius 3 is 2.64 bits per heavy atom. The first-order valence-electron chi connectivity index (χ1n) is 5.36. The fraction of sp³-hybridized carbons (Fsp3) is 0.727. The van der Waals surface area contributed by atoms with Crippen LogP contribution in [0.5, 0.6) is 0 Å². The van der Waals surface area contributed by atoms with Gasteiger partial charge in [0.2, 0.25) is 0 Å². The van der Waals surface area contributed by atoms with Gasteiger partial charge in [-0.3, -0.25) is 5.10 Å². The lowest BCUT2D eigenvalue weighted by Gasteiger charge is -2.11. The van der Waals surface area contributed by atoms with E-state index in [-0.39, 0.29) is 0 Å². The lowest BCUT2D eigenvalue weighted by molar-refractivity contribution is 0.519. The zero-order chi connectivity index (χ0) is 10.6. The zero-order valence-corrected chi connectivity index (χ0v) is 9.65. The fourth-order valence-electron chi connectivity index (χ4n) is 1.69. The summed E-state index contributed by atoms with van der Waals surface area (Å²) in [4.78, 5) is 0. The molecule has 1 aromatic rings. The molecule has 0 bridgehead atoms. The van der Waals surface area contributed by atoms with Crippen LogP contribution in [0, 0.1) is 19.8 Å². The largest absolute Gasteiger partial charge is 0.317 e. The standard InChI is InChI=1S/C11H21N3/c1-5-12-7-8(2)6-11-9(3)13-14-10(11)4/h8,12H,5-7H2,1-4H3,(H,13,14). The number of aromatic amines is 1. The van der Waals surface area contributed by atoms with Gasteiger partial charge >= 0.3 is 0 Å². The Morgan fingerprint density at radius 1 is 1.43 bits per heavy atom. The Morgan fingerprint density at radius 2 is 2.14 bits per heavy atom. The molecule has 3 nitrogen and oxygen atoms in total. The molecule has 80 valence electrons. The number of nitrogens with zero attached hydrogens (tertiary/aromatic N) is 1. The monoisotopic (exact) mass is 195 g/mol. The molecule has 1 rings (SSSR count). The highest BCUT2D eigenvalue weighted by Gasteiger charge is 2.10. The highest BCUT2D eigenvalue weighted by molar-refractivity contribution is 5.23. The molecule has 0 saturated carbocycles. The molecule has 1 aromatic heterocycles. The number of H-pyrrole nitrogens is 1. The molecule has 0 spiro atoms. The first-order chi connectivity index (χ1) is 6.65. The predicted molar refractivity (Wildman–Crippen MR) is 59.5 cm³/mol. The van der Waals surface area contributed by atoms with Gasteiger partial charge in [0.15, 0.2) is 0 Å². The summed E-state index contributed by atoms with van der Waals surface area (Å²) < 4.78 is 0. The maximum absolute atomic E-state index is 4.20. The van der Waals surface area contributed by atoms with Crippen molar-refractivity contribution < 1.29 is 0 Å². The van der Waals surface area contributed by atoms with Gasteiger partial charge in [-0.2, -0.15) is 5.10 Å². The number of rotatable bonds is 5. The second kappa shape index (κ2) is 5.15. The Balaban J connectivity index is 2.51. The van der Waals surface area contributed by atoms with E-state index in [4.69, 9.17) is 0 Å². The normalized spacial score (nSPS) is 13.1. The van der Waals surface area contributed by atoms with E-state index in [2.05, 4.69) is 43.2 Å². The lowest BCUT2D eigenvalue weighted by Crippen LogP contribution is -2.22. The first kappa shape index (κ1) is 11.2. The summed E-state index contributed by atoms with van der Waals surface area (Å²) in [6, 6.07) is 0. The molecule has 14 heavy (non-hydrogen) atoms. The number of hydrogen-bond donors (Lipinski definition) is 2. The van der Waals surface area contributed by atoms with Crippen molar-refractivity contribution >= 4 is 0 Å². The molecule has 0 aliphatic rings. The van der Waals surface area contributed by atoms with Gasteiger partial charge in [0.25, 0.3) is 0 Å². The SMILES string of the molecule is CCNCC(C)Cc1c(C)n[nH]c1C. The minimum atomic E-state index is 0.671. The molecular formula is C11H21N3. The predicted octanol–water partition coefficient (Wildman–Crippen LogP) is 1.81. The average molecular weight is 195 g/mol. The van der Waals surface area contributed by atoms with E-state index in [1.165, 1.54) is 11.3 Å². The number of aryl methyl sites for hydroxylation is 2. The van der Waals surface area contributed by atoms with E-state index >= 15 is 0 Å². The van der Waals surface area contributed by atoms with E-state index in [9.17, 15) is 0 Å². The van der Waals surface area contributed by atoms with E-state index < -0.39 is 0 Å². The van der Waals surface area contributed by atoms with Crippen LogP contribution >= 0.6 is 0 Å². The van der Waals surface area contributed by atoms with Crippen LogP contribution in [0.1, 0.15) is 30.8 Å². The van der Waals surface area contributed by atoms with Crippen LogP contribution in [0.2, 0.25) is 0 Å². The number of nitrogens with one attached hydrogen (secondary N) is 2. The second-order valence-corrected chi connectivity index (χ2v) is 4.03. The third-order valence-corrected chi connectivity index (χ3v) is 2.58. The van der Waals surface area contributed by atoms with Crippen LogP contribution in [-0.4, -0.2) is 23.3 Å². The fourth-order valence-corrected chi connectivity index (χ4v) is 1.69. The Bertz CT molecular complexity index is 259. The van der Waals surface area contributed by atoms with Crippen molar-refractivity contribution in [3.05, 3.63) is 17.0 Å². The summed E-state index contributed by atoms with van der Waals surface area (Å²) in [5.74, 6) is 0.671. The highest BCUT2D eigenvalue weighted by Crippen LogP contribution is 2.14. The third kappa shape index (κ3) is 2.84. The van der Waals surface area contributed by atoms with E-state index in [1.54, 1.807) is 0 Å². The van der Waals surface area contributed by atoms with Crippen molar-refractivity contribution in [2.45, 2.75) is 34.1 Å². The molecule has 0 saturated heterocycles. The van der Waals surface area contributed by atoms with Crippen molar-refractivity contribution in [1.82, 2.24) is 15.5 Å². The van der Waals surface area contributed by atoms with Crippen molar-refractivity contribution in [1.29, 1.82) is 0 Å². The Kier molecular flexibility index (Phi) is 4.14. The molecule has 0 radical (unpaired) electrons. The molecule has 1 heterocycles. The minimum absolute atomic E-state index is 0.671. The molecule has 1 atom stereocenters. The van der Waals surface area contributed by atoms with Crippen LogP contribution in [0.4, 0.5) is 0 Å². The van der Waals surface area contributed by atoms with E-state index in [1.807, 2.05) is 0 Å². The van der Waals surface area contributed by atoms with Gasteiger partial charge in [-0.15, -0.1) is 0 Å². The van der Waals surface area contributed by atoms with Crippen LogP contribution in [-0.2, 0) is 6.42 Å². The van der Waals surface area contributed by atoms with E-state index in [0.717, 1.165) is 25.2 Å². The summed E-state index contributed by atoms with van der Waals surface area (Å²) in [6.45, 7) is 10.7. The van der Waals surface area contributed by atoms with Crippen LogP contribution in [0.3, 0.4) is 0 Å². The molecular weight excluding hydrogens is 174 g/mol. The molecule has 0 fully saturated rings. The number of aromatic nitrogens is 2. The van der Waals surface area contributed by atoms with Crippen LogP contribution in [0.15, 0.2) is 0 Å². The van der Waals surface area contributed by atoms with Gasteiger partial charge in [-0.25, -0.2) is 0 Å². The molecule has 1 unspecified atom stereocenters. The summed E-state index contributed by atoms with van der Waals surface area (Å²) in [5.41, 5.74) is 3.74. The van der Waals surface area contributed by atoms with Gasteiger partial charge in [-0.05, 0) is 44.8 Å². The summed E-state index contributed by atoms with van der Waals surface area (Å²) in [6.07, 6.45) is 1.11. The van der Waals surface area contributed by atoms with Gasteiger partial charge in [0.05, 0.1) is 5.69 Å². The molecule has 0 aliphatic heterocycles. The molecule has 3 heteroatoms. The second-order valence-electron chi connectivity index (χ2n) is 4.03. The molecule has 0 amide bonds. The van der Waals surface area contributed by atoms with Crippen molar-refractivity contribution in [2.75, 3.05) is 13.1 Å². The van der Waals surface area contributed by atoms with Gasteiger partial charge in [-0.1, -0.05) is 13.8 Å². The quantitative estimate of drug-likeness (QED) is 0.752. The topological polar surface area (TPSA) is 40.7 Å². The molecule has 0 aliphatic carbocycles. The lowest BCUT2D eigenvalue weighted by atomic mass is 10.00. The molecule has 0 aromatic carbocycles. The van der Waals surface area contributed by atoms with Crippen LogP contribution in [0.25, 0.3) is 0 Å². The Hall–Kier alpha value is -0.830. The van der Waals surface area contributed by atoms with E-state index in [0.29, 0.717) is 5.92 Å². The van der Waals surface area contributed by atoms with Gasteiger partial charge in [0.1, 0.15) is 0 Å². The summed E-state index contributed by atoms with van der Waals surface area (Å²) in [7, 11) is 0. The smallest absolute Gasteiger partial charge is 0.0626 e.